The molecule has 0 aliphatic rings. The molecule has 0 aliphatic carbocycles. The van der Waals surface area contributed by atoms with Crippen LogP contribution in [-0.2, 0) is 4.74 Å². The van der Waals surface area contributed by atoms with Gasteiger partial charge < -0.3 is 14.2 Å². The fourth-order valence-corrected chi connectivity index (χ4v) is 4.81. The quantitative estimate of drug-likeness (QED) is 0.118. The Morgan fingerprint density at radius 1 is 0.326 bits per heavy atom. The van der Waals surface area contributed by atoms with E-state index >= 15 is 0 Å². The number of hydrogen-bond donors (Lipinski definition) is 0. The van der Waals surface area contributed by atoms with Crippen LogP contribution >= 0.6 is 0 Å². The molecule has 6 rings (SSSR count). The number of carbonyl (C=O) groups is 4. The zero-order valence-corrected chi connectivity index (χ0v) is 22.6. The van der Waals surface area contributed by atoms with Gasteiger partial charge in [0.15, 0.2) is 0 Å². The van der Waals surface area contributed by atoms with Crippen molar-refractivity contribution in [1.82, 2.24) is 0 Å². The minimum absolute atomic E-state index is 0.104. The molecule has 208 valence electrons. The molecule has 0 unspecified atom stereocenters. The molecule has 43 heavy (non-hydrogen) atoms. The van der Waals surface area contributed by atoms with Gasteiger partial charge in [-0.15, -0.1) is 0 Å². The van der Waals surface area contributed by atoms with Crippen molar-refractivity contribution in [2.24, 2.45) is 0 Å². The SMILES string of the molecule is O=C(OC(=O)c1ccc(C(=O)Oc2ccccc2)c2ccccc12)c1ccc(C(=O)Oc2ccccc2)c2ccccc12. The molecule has 0 bridgehead atoms. The van der Waals surface area contributed by atoms with E-state index in [4.69, 9.17) is 14.2 Å². The number of rotatable bonds is 6. The fraction of sp³-hybridized carbons (Fsp3) is 0. The Bertz CT molecular complexity index is 1870. The number of fused-ring (bicyclic) bond motifs is 2. The average Bonchev–Trinajstić information content (AvgIpc) is 3.04. The lowest BCUT2D eigenvalue weighted by Crippen LogP contribution is -2.16. The predicted octanol–water partition coefficient (Wildman–Crippen LogP) is 7.43. The zero-order chi connectivity index (χ0) is 29.8. The third kappa shape index (κ3) is 5.60. The van der Waals surface area contributed by atoms with Crippen LogP contribution in [0, 0.1) is 0 Å². The summed E-state index contributed by atoms with van der Waals surface area (Å²) in [5.74, 6) is -2.18. The second-order valence-electron chi connectivity index (χ2n) is 9.49. The summed E-state index contributed by atoms with van der Waals surface area (Å²) < 4.78 is 16.3. The van der Waals surface area contributed by atoms with Gasteiger partial charge in [0.25, 0.3) is 0 Å². The lowest BCUT2D eigenvalue weighted by atomic mass is 9.99. The molecule has 0 aromatic heterocycles. The topological polar surface area (TPSA) is 96.0 Å². The summed E-state index contributed by atoms with van der Waals surface area (Å²) in [6.07, 6.45) is 0. The van der Waals surface area contributed by atoms with E-state index in [-0.39, 0.29) is 22.3 Å². The van der Waals surface area contributed by atoms with Crippen molar-refractivity contribution in [2.45, 2.75) is 0 Å². The summed E-state index contributed by atoms with van der Waals surface area (Å²) in [6.45, 7) is 0. The van der Waals surface area contributed by atoms with Crippen LogP contribution in [0.2, 0.25) is 0 Å². The zero-order valence-electron chi connectivity index (χ0n) is 22.6. The van der Waals surface area contributed by atoms with Crippen LogP contribution in [0.3, 0.4) is 0 Å². The fourth-order valence-electron chi connectivity index (χ4n) is 4.81. The average molecular weight is 567 g/mol. The summed E-state index contributed by atoms with van der Waals surface area (Å²) in [5, 5.41) is 1.78. The molecule has 0 radical (unpaired) electrons. The Labute approximate surface area is 245 Å². The molecule has 0 N–H and O–H groups in total. The number of ether oxygens (including phenoxy) is 3. The van der Waals surface area contributed by atoms with Crippen molar-refractivity contribution >= 4 is 45.4 Å². The van der Waals surface area contributed by atoms with Crippen LogP contribution in [0.15, 0.2) is 133 Å². The maximum atomic E-state index is 13.3. The Balaban J connectivity index is 1.27. The van der Waals surface area contributed by atoms with Crippen LogP contribution < -0.4 is 9.47 Å². The summed E-state index contributed by atoms with van der Waals surface area (Å²) >= 11 is 0. The van der Waals surface area contributed by atoms with Crippen molar-refractivity contribution in [3.8, 4) is 11.5 Å². The minimum atomic E-state index is -0.888. The Morgan fingerprint density at radius 3 is 0.930 bits per heavy atom. The van der Waals surface area contributed by atoms with E-state index in [1.165, 1.54) is 24.3 Å². The second kappa shape index (κ2) is 11.8. The van der Waals surface area contributed by atoms with Gasteiger partial charge in [0.2, 0.25) is 0 Å². The van der Waals surface area contributed by atoms with E-state index in [1.807, 2.05) is 12.1 Å². The van der Waals surface area contributed by atoms with Gasteiger partial charge >= 0.3 is 23.9 Å². The van der Waals surface area contributed by atoms with Crippen LogP contribution in [0.25, 0.3) is 21.5 Å². The molecule has 0 saturated carbocycles. The van der Waals surface area contributed by atoms with Gasteiger partial charge in [0.05, 0.1) is 22.3 Å². The van der Waals surface area contributed by atoms with Crippen LogP contribution in [0.4, 0.5) is 0 Å². The maximum absolute atomic E-state index is 13.3. The monoisotopic (exact) mass is 566 g/mol. The predicted molar refractivity (Wildman–Crippen MR) is 160 cm³/mol. The normalized spacial score (nSPS) is 10.7. The number of benzene rings is 6. The number of para-hydroxylation sites is 2. The van der Waals surface area contributed by atoms with Crippen LogP contribution in [0.5, 0.6) is 11.5 Å². The molecule has 0 spiro atoms. The smallest absolute Gasteiger partial charge is 0.346 e. The van der Waals surface area contributed by atoms with Crippen molar-refractivity contribution in [3.05, 3.63) is 156 Å². The highest BCUT2D eigenvalue weighted by atomic mass is 16.6. The van der Waals surface area contributed by atoms with E-state index in [1.54, 1.807) is 97.1 Å². The number of carbonyl (C=O) groups excluding carboxylic acids is 4. The molecule has 7 heteroatoms. The van der Waals surface area contributed by atoms with Crippen molar-refractivity contribution in [2.75, 3.05) is 0 Å². The molecular formula is C36H22O7. The largest absolute Gasteiger partial charge is 0.423 e. The standard InChI is InChI=1S/C36H22O7/c37-33(41-23-11-3-1-4-12-23)29-19-21-31(27-17-9-7-15-25(27)29)35(39)43-36(40)32-22-20-30(26-16-8-10-18-28(26)32)34(38)42-24-13-5-2-6-14-24/h1-22H. The number of esters is 4. The first-order valence-corrected chi connectivity index (χ1v) is 13.3. The van der Waals surface area contributed by atoms with Gasteiger partial charge in [0, 0.05) is 0 Å². The Kier molecular flexibility index (Phi) is 7.44. The highest BCUT2D eigenvalue weighted by molar-refractivity contribution is 6.17. The Morgan fingerprint density at radius 2 is 0.605 bits per heavy atom. The van der Waals surface area contributed by atoms with Crippen molar-refractivity contribution in [1.29, 1.82) is 0 Å². The van der Waals surface area contributed by atoms with Crippen LogP contribution in [0.1, 0.15) is 41.4 Å². The molecule has 0 aliphatic heterocycles. The highest BCUT2D eigenvalue weighted by Crippen LogP contribution is 2.28. The lowest BCUT2D eigenvalue weighted by molar-refractivity contribution is 0.0399. The van der Waals surface area contributed by atoms with Gasteiger partial charge in [-0.05, 0) is 70.1 Å². The lowest BCUT2D eigenvalue weighted by Gasteiger charge is -2.12. The van der Waals surface area contributed by atoms with Crippen LogP contribution in [-0.4, -0.2) is 23.9 Å². The first-order valence-electron chi connectivity index (χ1n) is 13.3. The molecular weight excluding hydrogens is 544 g/mol. The minimum Gasteiger partial charge on any atom is -0.423 e. The molecule has 0 atom stereocenters. The number of hydrogen-bond acceptors (Lipinski definition) is 7. The summed E-state index contributed by atoms with van der Waals surface area (Å²) in [4.78, 5) is 52.5. The van der Waals surface area contributed by atoms with Gasteiger partial charge in [-0.1, -0.05) is 84.9 Å². The van der Waals surface area contributed by atoms with Gasteiger partial charge in [0.1, 0.15) is 11.5 Å². The van der Waals surface area contributed by atoms with Crippen molar-refractivity contribution in [3.63, 3.8) is 0 Å². The Hall–Kier alpha value is -6.08. The highest BCUT2D eigenvalue weighted by Gasteiger charge is 2.23. The third-order valence-corrected chi connectivity index (χ3v) is 6.82. The van der Waals surface area contributed by atoms with Gasteiger partial charge in [-0.25, -0.2) is 19.2 Å². The molecule has 0 fully saturated rings. The van der Waals surface area contributed by atoms with E-state index in [0.29, 0.717) is 33.0 Å². The summed E-state index contributed by atoms with van der Waals surface area (Å²) in [5.41, 5.74) is 0.720. The van der Waals surface area contributed by atoms with E-state index in [0.717, 1.165) is 0 Å². The van der Waals surface area contributed by atoms with Gasteiger partial charge in [-0.2, -0.15) is 0 Å². The second-order valence-corrected chi connectivity index (χ2v) is 9.49. The summed E-state index contributed by atoms with van der Waals surface area (Å²) in [6, 6.07) is 36.7. The van der Waals surface area contributed by atoms with Gasteiger partial charge in [-0.3, -0.25) is 0 Å². The molecule has 6 aromatic carbocycles. The molecule has 0 amide bonds. The van der Waals surface area contributed by atoms with E-state index < -0.39 is 23.9 Å². The maximum Gasteiger partial charge on any atom is 0.346 e. The van der Waals surface area contributed by atoms with E-state index in [2.05, 4.69) is 0 Å². The third-order valence-electron chi connectivity index (χ3n) is 6.82. The molecule has 0 saturated heterocycles. The first kappa shape index (κ1) is 27.1. The van der Waals surface area contributed by atoms with E-state index in [9.17, 15) is 19.2 Å². The van der Waals surface area contributed by atoms with Crippen molar-refractivity contribution < 1.29 is 33.4 Å². The summed E-state index contributed by atoms with van der Waals surface area (Å²) in [7, 11) is 0. The molecule has 6 aromatic rings. The molecule has 0 heterocycles. The first-order chi connectivity index (χ1) is 21.0. The molecule has 7 nitrogen and oxygen atoms in total.